The molecule has 120 valence electrons. The van der Waals surface area contributed by atoms with Gasteiger partial charge in [-0.05, 0) is 6.42 Å². The smallest absolute Gasteiger partial charge is 0.265 e. The minimum atomic E-state index is -3.89. The fourth-order valence-electron chi connectivity index (χ4n) is 1.54. The van der Waals surface area contributed by atoms with Crippen LogP contribution in [0.1, 0.15) is 6.42 Å². The molecule has 2 N–H and O–H groups in total. The van der Waals surface area contributed by atoms with Gasteiger partial charge in [0.1, 0.15) is 0 Å². The van der Waals surface area contributed by atoms with E-state index in [0.29, 0.717) is 37.2 Å². The maximum atomic E-state index is 10.7. The SMILES string of the molecule is O=S(=O)(O)CCS[C@@H]1CCOP(N(CCCl)CCCl)N1. The monoisotopic (exact) mass is 384 g/mol. The van der Waals surface area contributed by atoms with E-state index < -0.39 is 18.6 Å². The lowest BCUT2D eigenvalue weighted by atomic mass is 10.5. The van der Waals surface area contributed by atoms with Crippen LogP contribution in [0.15, 0.2) is 0 Å². The van der Waals surface area contributed by atoms with Crippen molar-refractivity contribution in [2.24, 2.45) is 0 Å². The van der Waals surface area contributed by atoms with Crippen LogP contribution >= 0.6 is 43.4 Å². The fraction of sp³-hybridized carbons (Fsp3) is 1.00. The van der Waals surface area contributed by atoms with Crippen molar-refractivity contribution >= 4 is 53.5 Å². The summed E-state index contributed by atoms with van der Waals surface area (Å²) in [5, 5.41) is 3.46. The lowest BCUT2D eigenvalue weighted by Gasteiger charge is -2.36. The van der Waals surface area contributed by atoms with Crippen molar-refractivity contribution in [3.63, 3.8) is 0 Å². The average Bonchev–Trinajstić information content (AvgIpc) is 2.37. The molecule has 0 aromatic rings. The largest absolute Gasteiger partial charge is 0.331 e. The second-order valence-electron chi connectivity index (χ2n) is 4.00. The summed E-state index contributed by atoms with van der Waals surface area (Å²) in [6, 6.07) is 0. The van der Waals surface area contributed by atoms with Crippen LogP contribution in [0.25, 0.3) is 0 Å². The summed E-state index contributed by atoms with van der Waals surface area (Å²) in [6.45, 7) is 1.99. The Morgan fingerprint density at radius 2 is 2.05 bits per heavy atom. The summed E-state index contributed by atoms with van der Waals surface area (Å²) in [4.78, 5) is 0. The predicted octanol–water partition coefficient (Wildman–Crippen LogP) is 1.95. The van der Waals surface area contributed by atoms with E-state index in [2.05, 4.69) is 9.76 Å². The fourth-order valence-corrected chi connectivity index (χ4v) is 6.14. The first-order valence-electron chi connectivity index (χ1n) is 6.09. The standard InChI is InChI=1S/C9H19Cl2N2O4PS2/c10-2-4-13(5-3-11)18-12-9(1-6-17-18)19-7-8-20(14,15)16/h9,12H,1-8H2,(H,14,15,16)/t9-,18?/m1/s1. The van der Waals surface area contributed by atoms with Crippen molar-refractivity contribution < 1.29 is 17.5 Å². The highest BCUT2D eigenvalue weighted by Gasteiger charge is 2.27. The molecule has 1 heterocycles. The highest BCUT2D eigenvalue weighted by Crippen LogP contribution is 2.42. The Morgan fingerprint density at radius 3 is 2.60 bits per heavy atom. The third-order valence-corrected chi connectivity index (χ3v) is 7.01. The van der Waals surface area contributed by atoms with Crippen LogP contribution in [0.3, 0.4) is 0 Å². The minimum absolute atomic E-state index is 0.116. The summed E-state index contributed by atoms with van der Waals surface area (Å²) < 4.78 is 37.8. The van der Waals surface area contributed by atoms with Crippen LogP contribution in [0, 0.1) is 0 Å². The van der Waals surface area contributed by atoms with Gasteiger partial charge in [-0.15, -0.1) is 35.0 Å². The molecule has 0 radical (unpaired) electrons. The Morgan fingerprint density at radius 1 is 1.40 bits per heavy atom. The van der Waals surface area contributed by atoms with Crippen LogP contribution in [-0.4, -0.2) is 66.0 Å². The molecule has 11 heteroatoms. The molecule has 0 aliphatic carbocycles. The molecule has 0 aromatic heterocycles. The van der Waals surface area contributed by atoms with E-state index in [1.807, 2.05) is 0 Å². The second-order valence-corrected chi connectivity index (χ2v) is 9.27. The van der Waals surface area contributed by atoms with Crippen molar-refractivity contribution in [3.05, 3.63) is 0 Å². The third-order valence-electron chi connectivity index (χ3n) is 2.45. The van der Waals surface area contributed by atoms with Gasteiger partial charge in [0.15, 0.2) is 8.45 Å². The van der Waals surface area contributed by atoms with Crippen LogP contribution in [0.4, 0.5) is 0 Å². The van der Waals surface area contributed by atoms with Gasteiger partial charge in [-0.25, -0.2) is 9.76 Å². The number of rotatable bonds is 9. The number of thioether (sulfide) groups is 1. The molecule has 0 spiro atoms. The van der Waals surface area contributed by atoms with Gasteiger partial charge in [0.25, 0.3) is 10.1 Å². The van der Waals surface area contributed by atoms with E-state index >= 15 is 0 Å². The minimum Gasteiger partial charge on any atom is -0.331 e. The molecule has 1 rings (SSSR count). The molecule has 1 saturated heterocycles. The number of alkyl halides is 2. The predicted molar refractivity (Wildman–Crippen MR) is 86.3 cm³/mol. The first-order valence-corrected chi connectivity index (χ1v) is 11.0. The summed E-state index contributed by atoms with van der Waals surface area (Å²) in [5.74, 6) is 1.12. The first kappa shape index (κ1) is 19.2. The van der Waals surface area contributed by atoms with E-state index in [0.717, 1.165) is 6.42 Å². The lowest BCUT2D eigenvalue weighted by molar-refractivity contribution is 0.272. The van der Waals surface area contributed by atoms with Crippen molar-refractivity contribution in [2.45, 2.75) is 11.8 Å². The summed E-state index contributed by atoms with van der Waals surface area (Å²) >= 11 is 13.0. The molecule has 0 amide bonds. The molecule has 1 fully saturated rings. The van der Waals surface area contributed by atoms with Gasteiger partial charge in [-0.1, -0.05) is 0 Å². The Labute approximate surface area is 135 Å². The van der Waals surface area contributed by atoms with Crippen molar-refractivity contribution in [3.8, 4) is 0 Å². The molecule has 2 atom stereocenters. The molecule has 1 aliphatic rings. The van der Waals surface area contributed by atoms with Gasteiger partial charge in [0.2, 0.25) is 0 Å². The molecular formula is C9H19Cl2N2O4PS2. The van der Waals surface area contributed by atoms with E-state index in [-0.39, 0.29) is 11.1 Å². The van der Waals surface area contributed by atoms with Crippen LogP contribution < -0.4 is 5.09 Å². The number of nitrogens with zero attached hydrogens (tertiary/aromatic N) is 1. The zero-order chi connectivity index (χ0) is 15.0. The van der Waals surface area contributed by atoms with Crippen molar-refractivity contribution in [1.29, 1.82) is 0 Å². The van der Waals surface area contributed by atoms with Crippen molar-refractivity contribution in [2.75, 3.05) is 43.0 Å². The number of nitrogens with one attached hydrogen (secondary N) is 1. The zero-order valence-corrected chi connectivity index (χ0v) is 14.9. The first-order chi connectivity index (χ1) is 9.46. The van der Waals surface area contributed by atoms with Crippen LogP contribution in [0.2, 0.25) is 0 Å². The Hall–Kier alpha value is 1.15. The van der Waals surface area contributed by atoms with Gasteiger partial charge < -0.3 is 4.52 Å². The number of halogens is 2. The normalized spacial score (nSPS) is 24.2. The van der Waals surface area contributed by atoms with Crippen molar-refractivity contribution in [1.82, 2.24) is 9.76 Å². The molecule has 0 aromatic carbocycles. The van der Waals surface area contributed by atoms with Crippen LogP contribution in [0.5, 0.6) is 0 Å². The van der Waals surface area contributed by atoms with E-state index in [4.69, 9.17) is 32.3 Å². The lowest BCUT2D eigenvalue weighted by Crippen LogP contribution is -2.37. The molecule has 6 nitrogen and oxygen atoms in total. The third kappa shape index (κ3) is 7.96. The average molecular weight is 385 g/mol. The summed E-state index contributed by atoms with van der Waals surface area (Å²) in [6.07, 6.45) is 0.796. The van der Waals surface area contributed by atoms with E-state index in [1.54, 1.807) is 0 Å². The van der Waals surface area contributed by atoms with Gasteiger partial charge >= 0.3 is 0 Å². The Balaban J connectivity index is 2.40. The molecule has 20 heavy (non-hydrogen) atoms. The number of hydrogen-bond donors (Lipinski definition) is 2. The molecule has 0 bridgehead atoms. The Kier molecular flexibility index (Phi) is 9.62. The molecule has 0 saturated carbocycles. The maximum absolute atomic E-state index is 10.7. The number of hydrogen-bond acceptors (Lipinski definition) is 6. The highest BCUT2D eigenvalue weighted by molar-refractivity contribution is 8.00. The Bertz CT molecular complexity index is 371. The quantitative estimate of drug-likeness (QED) is 0.357. The van der Waals surface area contributed by atoms with Gasteiger partial charge in [-0.3, -0.25) is 4.55 Å². The van der Waals surface area contributed by atoms with Gasteiger partial charge in [-0.2, -0.15) is 8.42 Å². The van der Waals surface area contributed by atoms with Crippen LogP contribution in [-0.2, 0) is 14.6 Å². The van der Waals surface area contributed by atoms with Gasteiger partial charge in [0, 0.05) is 30.6 Å². The zero-order valence-electron chi connectivity index (χ0n) is 10.9. The van der Waals surface area contributed by atoms with E-state index in [1.165, 1.54) is 11.8 Å². The van der Waals surface area contributed by atoms with Gasteiger partial charge in [0.05, 0.1) is 17.7 Å². The molecular weight excluding hydrogens is 366 g/mol. The molecule has 1 aliphatic heterocycles. The topological polar surface area (TPSA) is 78.9 Å². The second kappa shape index (κ2) is 10.0. The summed E-state index contributed by atoms with van der Waals surface area (Å²) in [7, 11) is -4.84. The van der Waals surface area contributed by atoms with E-state index in [9.17, 15) is 8.42 Å². The maximum Gasteiger partial charge on any atom is 0.265 e. The highest BCUT2D eigenvalue weighted by atomic mass is 35.5. The molecule has 1 unspecified atom stereocenters. The summed E-state index contributed by atoms with van der Waals surface area (Å²) in [5.41, 5.74) is 0.